The Morgan fingerprint density at radius 3 is 2.17 bits per heavy atom. The van der Waals surface area contributed by atoms with Crippen LogP contribution in [-0.2, 0) is 0 Å². The van der Waals surface area contributed by atoms with Gasteiger partial charge in [-0.1, -0.05) is 62.6 Å². The summed E-state index contributed by atoms with van der Waals surface area (Å²) in [6.45, 7) is 2.25. The summed E-state index contributed by atoms with van der Waals surface area (Å²) in [4.78, 5) is 0. The summed E-state index contributed by atoms with van der Waals surface area (Å²) in [5.74, 6) is 0.673. The first kappa shape index (κ1) is 9.31. The summed E-state index contributed by atoms with van der Waals surface area (Å²) in [5.41, 5.74) is 0. The van der Waals surface area contributed by atoms with Crippen LogP contribution in [0, 0.1) is 5.92 Å². The molecule has 12 heavy (non-hydrogen) atoms. The third-order valence-corrected chi connectivity index (χ3v) is 2.19. The first-order valence-corrected chi connectivity index (χ1v) is 4.95. The lowest BCUT2D eigenvalue weighted by atomic mass is 10.0. The topological polar surface area (TPSA) is 0 Å². The van der Waals surface area contributed by atoms with Crippen molar-refractivity contribution < 1.29 is 0 Å². The molecule has 0 aliphatic heterocycles. The van der Waals surface area contributed by atoms with E-state index in [1.807, 2.05) is 0 Å². The van der Waals surface area contributed by atoms with Gasteiger partial charge in [0, 0.05) is 0 Å². The molecule has 0 saturated heterocycles. The van der Waals surface area contributed by atoms with Gasteiger partial charge in [-0.15, -0.1) is 0 Å². The summed E-state index contributed by atoms with van der Waals surface area (Å²) in [6.07, 6.45) is 18.4. The van der Waals surface area contributed by atoms with Crippen LogP contribution in [-0.4, -0.2) is 0 Å². The van der Waals surface area contributed by atoms with E-state index in [1.165, 1.54) is 25.7 Å². The second-order valence-electron chi connectivity index (χ2n) is 3.31. The zero-order valence-corrected chi connectivity index (χ0v) is 7.87. The molecule has 0 aromatic heterocycles. The van der Waals surface area contributed by atoms with Crippen LogP contribution in [0.4, 0.5) is 0 Å². The van der Waals surface area contributed by atoms with Crippen LogP contribution >= 0.6 is 0 Å². The molecule has 1 aliphatic rings. The number of hydrogen-bond acceptors (Lipinski definition) is 0. The van der Waals surface area contributed by atoms with Gasteiger partial charge >= 0.3 is 0 Å². The van der Waals surface area contributed by atoms with Gasteiger partial charge in [-0.3, -0.25) is 0 Å². The Balaban J connectivity index is 2.23. The quantitative estimate of drug-likeness (QED) is 0.550. The second-order valence-corrected chi connectivity index (χ2v) is 3.31. The highest BCUT2D eigenvalue weighted by molar-refractivity contribution is 5.19. The molecule has 66 valence electrons. The molecule has 0 atom stereocenters. The Labute approximate surface area is 75.7 Å². The lowest BCUT2D eigenvalue weighted by Gasteiger charge is -2.05. The van der Waals surface area contributed by atoms with Crippen molar-refractivity contribution in [3.8, 4) is 0 Å². The van der Waals surface area contributed by atoms with Gasteiger partial charge in [-0.05, 0) is 12.3 Å². The number of allylic oxidation sites excluding steroid dienone is 6. The van der Waals surface area contributed by atoms with E-state index in [-0.39, 0.29) is 0 Å². The molecule has 1 aliphatic carbocycles. The van der Waals surface area contributed by atoms with Crippen molar-refractivity contribution in [2.75, 3.05) is 0 Å². The molecule has 0 saturated carbocycles. The van der Waals surface area contributed by atoms with E-state index >= 15 is 0 Å². The van der Waals surface area contributed by atoms with E-state index < -0.39 is 0 Å². The fourth-order valence-electron chi connectivity index (χ4n) is 1.43. The molecule has 0 aromatic carbocycles. The van der Waals surface area contributed by atoms with Crippen LogP contribution in [0.3, 0.4) is 0 Å². The van der Waals surface area contributed by atoms with E-state index in [4.69, 9.17) is 0 Å². The molecular formula is C12H18. The van der Waals surface area contributed by atoms with E-state index in [0.717, 1.165) is 0 Å². The highest BCUT2D eigenvalue weighted by atomic mass is 14.0. The Bertz CT molecular complexity index is 168. The minimum Gasteiger partial charge on any atom is -0.0776 e. The Morgan fingerprint density at radius 2 is 1.58 bits per heavy atom. The van der Waals surface area contributed by atoms with E-state index in [0.29, 0.717) is 5.92 Å². The monoisotopic (exact) mass is 162 g/mol. The molecule has 0 bridgehead atoms. The van der Waals surface area contributed by atoms with Gasteiger partial charge in [-0.2, -0.15) is 0 Å². The number of unbranched alkanes of at least 4 members (excludes halogenated alkanes) is 2. The maximum atomic E-state index is 2.29. The molecule has 0 heteroatoms. The van der Waals surface area contributed by atoms with Gasteiger partial charge in [-0.25, -0.2) is 0 Å². The summed E-state index contributed by atoms with van der Waals surface area (Å²) in [5, 5.41) is 0. The van der Waals surface area contributed by atoms with Crippen LogP contribution in [0.5, 0.6) is 0 Å². The molecule has 0 radical (unpaired) electrons. The summed E-state index contributed by atoms with van der Waals surface area (Å²) < 4.78 is 0. The van der Waals surface area contributed by atoms with Crippen LogP contribution in [0.1, 0.15) is 32.6 Å². The minimum absolute atomic E-state index is 0.673. The zero-order chi connectivity index (χ0) is 8.65. The van der Waals surface area contributed by atoms with Crippen molar-refractivity contribution in [3.63, 3.8) is 0 Å². The van der Waals surface area contributed by atoms with Crippen molar-refractivity contribution >= 4 is 0 Å². The van der Waals surface area contributed by atoms with Gasteiger partial charge in [0.2, 0.25) is 0 Å². The maximum absolute atomic E-state index is 2.29. The van der Waals surface area contributed by atoms with Crippen molar-refractivity contribution in [1.29, 1.82) is 0 Å². The summed E-state index contributed by atoms with van der Waals surface area (Å²) >= 11 is 0. The molecule has 0 N–H and O–H groups in total. The highest BCUT2D eigenvalue weighted by Gasteiger charge is 1.99. The fraction of sp³-hybridized carbons (Fsp3) is 0.500. The van der Waals surface area contributed by atoms with Gasteiger partial charge in [0.05, 0.1) is 0 Å². The molecule has 1 rings (SSSR count). The second kappa shape index (κ2) is 5.82. The lowest BCUT2D eigenvalue weighted by Crippen LogP contribution is -1.90. The van der Waals surface area contributed by atoms with Gasteiger partial charge in [0.15, 0.2) is 0 Å². The Hall–Kier alpha value is -0.780. The average molecular weight is 162 g/mol. The van der Waals surface area contributed by atoms with Crippen LogP contribution < -0.4 is 0 Å². The summed E-state index contributed by atoms with van der Waals surface area (Å²) in [6, 6.07) is 0. The third-order valence-electron chi connectivity index (χ3n) is 2.19. The van der Waals surface area contributed by atoms with Gasteiger partial charge in [0.1, 0.15) is 0 Å². The van der Waals surface area contributed by atoms with Crippen LogP contribution in [0.15, 0.2) is 36.5 Å². The zero-order valence-electron chi connectivity index (χ0n) is 7.87. The molecule has 0 spiro atoms. The maximum Gasteiger partial charge on any atom is -0.00473 e. The normalized spacial score (nSPS) is 16.8. The van der Waals surface area contributed by atoms with Crippen molar-refractivity contribution in [3.05, 3.63) is 36.5 Å². The molecule has 0 aromatic rings. The third kappa shape index (κ3) is 3.56. The molecular weight excluding hydrogens is 144 g/mol. The average Bonchev–Trinajstić information content (AvgIpc) is 2.33. The number of rotatable bonds is 4. The van der Waals surface area contributed by atoms with Crippen molar-refractivity contribution in [2.24, 2.45) is 5.92 Å². The molecule has 0 heterocycles. The van der Waals surface area contributed by atoms with E-state index in [2.05, 4.69) is 43.4 Å². The molecule has 0 amide bonds. The lowest BCUT2D eigenvalue weighted by molar-refractivity contribution is 0.611. The van der Waals surface area contributed by atoms with Gasteiger partial charge in [0.25, 0.3) is 0 Å². The predicted molar refractivity (Wildman–Crippen MR) is 55.1 cm³/mol. The first-order chi connectivity index (χ1) is 5.93. The SMILES string of the molecule is CCCCCC1C=CC=CC=C1. The van der Waals surface area contributed by atoms with E-state index in [1.54, 1.807) is 0 Å². The number of hydrogen-bond donors (Lipinski definition) is 0. The minimum atomic E-state index is 0.673. The predicted octanol–water partition coefficient (Wildman–Crippen LogP) is 3.87. The molecule has 0 unspecified atom stereocenters. The van der Waals surface area contributed by atoms with Crippen molar-refractivity contribution in [1.82, 2.24) is 0 Å². The summed E-state index contributed by atoms with van der Waals surface area (Å²) in [7, 11) is 0. The Morgan fingerprint density at radius 1 is 0.917 bits per heavy atom. The van der Waals surface area contributed by atoms with Gasteiger partial charge < -0.3 is 0 Å². The Kier molecular flexibility index (Phi) is 4.51. The largest absolute Gasteiger partial charge is 0.0776 e. The standard InChI is InChI=1S/C12H18/c1-2-3-6-9-12-10-7-4-5-8-11-12/h4-5,7-8,10-12H,2-3,6,9H2,1H3. The van der Waals surface area contributed by atoms with Crippen LogP contribution in [0.2, 0.25) is 0 Å². The molecule has 0 fully saturated rings. The first-order valence-electron chi connectivity index (χ1n) is 4.95. The van der Waals surface area contributed by atoms with Crippen molar-refractivity contribution in [2.45, 2.75) is 32.6 Å². The highest BCUT2D eigenvalue weighted by Crippen LogP contribution is 2.14. The fourth-order valence-corrected chi connectivity index (χ4v) is 1.43. The molecule has 0 nitrogen and oxygen atoms in total. The van der Waals surface area contributed by atoms with Crippen LogP contribution in [0.25, 0.3) is 0 Å². The van der Waals surface area contributed by atoms with E-state index in [9.17, 15) is 0 Å². The smallest absolute Gasteiger partial charge is 0.00473 e.